The number of carboxylic acids is 1. The molecule has 0 aliphatic carbocycles. The first-order valence-corrected chi connectivity index (χ1v) is 6.85. The Morgan fingerprint density at radius 2 is 2.06 bits per heavy atom. The van der Waals surface area contributed by atoms with Crippen LogP contribution in [0.15, 0.2) is 30.3 Å². The summed E-state index contributed by atoms with van der Waals surface area (Å²) in [5, 5.41) is 9.21. The smallest absolute Gasteiger partial charge is 0.326 e. The first kappa shape index (κ1) is 13.0. The maximum Gasteiger partial charge on any atom is 0.326 e. The fraction of sp³-hybridized carbons (Fsp3) is 0.364. The highest BCUT2D eigenvalue weighted by Gasteiger charge is 2.51. The van der Waals surface area contributed by atoms with Crippen molar-refractivity contribution < 1.29 is 18.3 Å². The number of aliphatic carboxylic acids is 1. The molecule has 1 aromatic rings. The molecular weight excluding hydrogens is 256 g/mol. The molecule has 0 aromatic heterocycles. The molecule has 7 heteroatoms. The molecule has 1 aromatic carbocycles. The number of benzene rings is 1. The quantitative estimate of drug-likeness (QED) is 0.820. The van der Waals surface area contributed by atoms with Gasteiger partial charge in [0.25, 0.3) is 10.2 Å². The predicted octanol–water partition coefficient (Wildman–Crippen LogP) is 0.180. The average Bonchev–Trinajstić information content (AvgIpc) is 2.56. The molecule has 0 unspecified atom stereocenters. The third-order valence-electron chi connectivity index (χ3n) is 3.07. The zero-order valence-electron chi connectivity index (χ0n) is 9.83. The van der Waals surface area contributed by atoms with Gasteiger partial charge < -0.3 is 5.11 Å². The fourth-order valence-electron chi connectivity index (χ4n) is 1.85. The van der Waals surface area contributed by atoms with Gasteiger partial charge in [0, 0.05) is 13.1 Å². The van der Waals surface area contributed by atoms with E-state index in [1.165, 1.54) is 6.92 Å². The highest BCUT2D eigenvalue weighted by Crippen LogP contribution is 2.26. The predicted molar refractivity (Wildman–Crippen MR) is 64.9 cm³/mol. The van der Waals surface area contributed by atoms with Crippen LogP contribution in [0.3, 0.4) is 0 Å². The fourth-order valence-corrected chi connectivity index (χ4v) is 3.47. The lowest BCUT2D eigenvalue weighted by Crippen LogP contribution is -2.50. The monoisotopic (exact) mass is 270 g/mol. The topological polar surface area (TPSA) is 86.7 Å². The van der Waals surface area contributed by atoms with Crippen molar-refractivity contribution in [3.63, 3.8) is 0 Å². The van der Waals surface area contributed by atoms with Gasteiger partial charge in [0.05, 0.1) is 0 Å². The van der Waals surface area contributed by atoms with E-state index in [0.29, 0.717) is 0 Å². The summed E-state index contributed by atoms with van der Waals surface area (Å²) >= 11 is 0. The highest BCUT2D eigenvalue weighted by atomic mass is 32.2. The first-order chi connectivity index (χ1) is 8.36. The number of nitrogens with zero attached hydrogens (tertiary/aromatic N) is 1. The van der Waals surface area contributed by atoms with Gasteiger partial charge >= 0.3 is 5.97 Å². The van der Waals surface area contributed by atoms with Gasteiger partial charge in [0.2, 0.25) is 0 Å². The maximum absolute atomic E-state index is 11.8. The van der Waals surface area contributed by atoms with E-state index in [-0.39, 0.29) is 13.1 Å². The molecule has 1 aliphatic heterocycles. The standard InChI is InChI=1S/C11H14N2O4S/c1-11(10(14)15)8-12-18(16,17)13(11)7-9-5-3-2-4-6-9/h2-6,12H,7-8H2,1H3,(H,14,15)/t11-/m0/s1. The SMILES string of the molecule is C[C@@]1(C(=O)O)CNS(=O)(=O)N1Cc1ccccc1. The summed E-state index contributed by atoms with van der Waals surface area (Å²) in [5.41, 5.74) is -0.702. The molecule has 1 aliphatic rings. The summed E-state index contributed by atoms with van der Waals surface area (Å²) in [6.07, 6.45) is 0. The van der Waals surface area contributed by atoms with Crippen molar-refractivity contribution in [2.75, 3.05) is 6.54 Å². The van der Waals surface area contributed by atoms with Crippen molar-refractivity contribution >= 4 is 16.2 Å². The number of hydrogen-bond donors (Lipinski definition) is 2. The summed E-state index contributed by atoms with van der Waals surface area (Å²) in [6, 6.07) is 8.90. The van der Waals surface area contributed by atoms with Gasteiger partial charge in [-0.05, 0) is 12.5 Å². The molecule has 0 amide bonds. The first-order valence-electron chi connectivity index (χ1n) is 5.41. The molecule has 0 spiro atoms. The van der Waals surface area contributed by atoms with Crippen molar-refractivity contribution in [1.29, 1.82) is 0 Å². The van der Waals surface area contributed by atoms with Crippen LogP contribution in [0.5, 0.6) is 0 Å². The second-order valence-corrected chi connectivity index (χ2v) is 6.08. The Labute approximate surface area is 105 Å². The summed E-state index contributed by atoms with van der Waals surface area (Å²) < 4.78 is 26.9. The zero-order chi connectivity index (χ0) is 13.4. The van der Waals surface area contributed by atoms with Crippen LogP contribution in [0.1, 0.15) is 12.5 Å². The van der Waals surface area contributed by atoms with Crippen LogP contribution in [-0.2, 0) is 21.5 Å². The van der Waals surface area contributed by atoms with Crippen molar-refractivity contribution in [2.24, 2.45) is 0 Å². The summed E-state index contributed by atoms with van der Waals surface area (Å²) in [7, 11) is -3.74. The van der Waals surface area contributed by atoms with Crippen molar-refractivity contribution in [3.8, 4) is 0 Å². The van der Waals surface area contributed by atoms with Crippen LogP contribution in [0, 0.1) is 0 Å². The van der Waals surface area contributed by atoms with Gasteiger partial charge in [-0.1, -0.05) is 30.3 Å². The molecule has 0 bridgehead atoms. The Balaban J connectivity index is 2.36. The largest absolute Gasteiger partial charge is 0.480 e. The van der Waals surface area contributed by atoms with Gasteiger partial charge in [0.1, 0.15) is 5.54 Å². The number of carboxylic acid groups (broad SMARTS) is 1. The molecule has 98 valence electrons. The van der Waals surface area contributed by atoms with E-state index in [4.69, 9.17) is 0 Å². The molecule has 2 N–H and O–H groups in total. The Kier molecular flexibility index (Phi) is 3.14. The van der Waals surface area contributed by atoms with E-state index in [1.54, 1.807) is 24.3 Å². The minimum atomic E-state index is -3.74. The lowest BCUT2D eigenvalue weighted by atomic mass is 10.0. The van der Waals surface area contributed by atoms with Crippen LogP contribution in [0.2, 0.25) is 0 Å². The highest BCUT2D eigenvalue weighted by molar-refractivity contribution is 7.87. The van der Waals surface area contributed by atoms with Crippen LogP contribution in [-0.4, -0.2) is 35.9 Å². The van der Waals surface area contributed by atoms with Gasteiger partial charge in [0.15, 0.2) is 0 Å². The van der Waals surface area contributed by atoms with E-state index in [0.717, 1.165) is 9.87 Å². The van der Waals surface area contributed by atoms with Crippen LogP contribution >= 0.6 is 0 Å². The molecule has 18 heavy (non-hydrogen) atoms. The van der Waals surface area contributed by atoms with Crippen LogP contribution in [0.25, 0.3) is 0 Å². The van der Waals surface area contributed by atoms with Crippen LogP contribution in [0.4, 0.5) is 0 Å². The second-order valence-electron chi connectivity index (χ2n) is 4.40. The second kappa shape index (κ2) is 4.34. The summed E-state index contributed by atoms with van der Waals surface area (Å²) in [4.78, 5) is 11.3. The molecule has 1 fully saturated rings. The van der Waals surface area contributed by atoms with Gasteiger partial charge in [-0.25, -0.2) is 0 Å². The lowest BCUT2D eigenvalue weighted by molar-refractivity contribution is -0.146. The Bertz CT molecular complexity index is 558. The number of rotatable bonds is 3. The van der Waals surface area contributed by atoms with Gasteiger partial charge in [-0.3, -0.25) is 4.79 Å². The van der Waals surface area contributed by atoms with Gasteiger partial charge in [-0.15, -0.1) is 0 Å². The van der Waals surface area contributed by atoms with E-state index >= 15 is 0 Å². The molecule has 1 heterocycles. The molecule has 0 radical (unpaired) electrons. The minimum Gasteiger partial charge on any atom is -0.480 e. The van der Waals surface area contributed by atoms with Crippen molar-refractivity contribution in [2.45, 2.75) is 19.0 Å². The minimum absolute atomic E-state index is 0.0406. The van der Waals surface area contributed by atoms with Crippen molar-refractivity contribution in [1.82, 2.24) is 9.03 Å². The molecule has 2 rings (SSSR count). The molecule has 1 saturated heterocycles. The number of hydrogen-bond acceptors (Lipinski definition) is 3. The summed E-state index contributed by atoms with van der Waals surface area (Å²) in [5.74, 6) is -1.16. The van der Waals surface area contributed by atoms with Gasteiger partial charge in [-0.2, -0.15) is 17.4 Å². The van der Waals surface area contributed by atoms with E-state index in [1.807, 2.05) is 6.07 Å². The number of carbonyl (C=O) groups is 1. The van der Waals surface area contributed by atoms with E-state index < -0.39 is 21.7 Å². The molecular formula is C11H14N2O4S. The normalized spacial score (nSPS) is 27.2. The van der Waals surface area contributed by atoms with Crippen LogP contribution < -0.4 is 4.72 Å². The lowest BCUT2D eigenvalue weighted by Gasteiger charge is -2.27. The molecule has 0 saturated carbocycles. The zero-order valence-corrected chi connectivity index (χ0v) is 10.6. The molecule has 6 nitrogen and oxygen atoms in total. The third-order valence-corrected chi connectivity index (χ3v) is 4.69. The Hall–Kier alpha value is -1.44. The third kappa shape index (κ3) is 2.12. The number of nitrogens with one attached hydrogen (secondary N) is 1. The van der Waals surface area contributed by atoms with E-state index in [9.17, 15) is 18.3 Å². The maximum atomic E-state index is 11.8. The van der Waals surface area contributed by atoms with Crippen molar-refractivity contribution in [3.05, 3.63) is 35.9 Å². The Morgan fingerprint density at radius 3 is 2.61 bits per heavy atom. The van der Waals surface area contributed by atoms with E-state index in [2.05, 4.69) is 4.72 Å². The summed E-state index contributed by atoms with van der Waals surface area (Å²) in [6.45, 7) is 1.31. The Morgan fingerprint density at radius 1 is 1.44 bits per heavy atom. The average molecular weight is 270 g/mol. The molecule has 1 atom stereocenters.